The number of hydrogen-bond acceptors (Lipinski definition) is 6. The monoisotopic (exact) mass is 393 g/mol. The summed E-state index contributed by atoms with van der Waals surface area (Å²) in [6.45, 7) is -3.01. The van der Waals surface area contributed by atoms with Crippen molar-refractivity contribution in [1.82, 2.24) is 10.2 Å². The lowest BCUT2D eigenvalue weighted by Crippen LogP contribution is -2.14. The Bertz CT molecular complexity index is 875. The predicted molar refractivity (Wildman–Crippen MR) is 96.9 cm³/mol. The molecule has 0 spiro atoms. The van der Waals surface area contributed by atoms with Gasteiger partial charge in [-0.05, 0) is 17.7 Å². The Kier molecular flexibility index (Phi) is 6.13. The molecule has 0 radical (unpaired) electrons. The number of carbonyl (C=O) groups excluding carboxylic acids is 1. The van der Waals surface area contributed by atoms with Crippen LogP contribution in [0.5, 0.6) is 5.75 Å². The zero-order valence-electron chi connectivity index (χ0n) is 13.3. The van der Waals surface area contributed by atoms with Crippen LogP contribution in [0.3, 0.4) is 0 Å². The molecule has 0 saturated heterocycles. The summed E-state index contributed by atoms with van der Waals surface area (Å²) >= 11 is 2.71. The molecule has 3 rings (SSSR count). The number of para-hydroxylation sites is 1. The molecule has 0 aliphatic heterocycles. The highest BCUT2D eigenvalue weighted by atomic mass is 32.2. The van der Waals surface area contributed by atoms with Crippen molar-refractivity contribution in [1.29, 1.82) is 0 Å². The number of aromatic nitrogens is 2. The van der Waals surface area contributed by atoms with Gasteiger partial charge in [-0.25, -0.2) is 0 Å². The van der Waals surface area contributed by atoms with Gasteiger partial charge < -0.3 is 4.74 Å². The fraction of sp³-hybridized carbons (Fsp3) is 0.118. The predicted octanol–water partition coefficient (Wildman–Crippen LogP) is 4.68. The number of alkyl halides is 2. The average molecular weight is 393 g/mol. The van der Waals surface area contributed by atoms with Crippen molar-refractivity contribution >= 4 is 34.1 Å². The molecular weight excluding hydrogens is 380 g/mol. The van der Waals surface area contributed by atoms with Crippen LogP contribution in [0.4, 0.5) is 13.9 Å². The third kappa shape index (κ3) is 4.99. The molecule has 0 unspecified atom stereocenters. The Labute approximate surface area is 156 Å². The minimum Gasteiger partial charge on any atom is -0.434 e. The SMILES string of the molecule is O=C(Nc1nnc(SCc2ccccc2)s1)c1ccccc1OC(F)F. The topological polar surface area (TPSA) is 64.1 Å². The Morgan fingerprint density at radius 2 is 1.85 bits per heavy atom. The van der Waals surface area contributed by atoms with Crippen LogP contribution in [0, 0.1) is 0 Å². The molecule has 0 atom stereocenters. The second kappa shape index (κ2) is 8.72. The summed E-state index contributed by atoms with van der Waals surface area (Å²) < 4.78 is 29.9. The summed E-state index contributed by atoms with van der Waals surface area (Å²) in [4.78, 5) is 12.3. The van der Waals surface area contributed by atoms with E-state index in [1.807, 2.05) is 30.3 Å². The molecule has 3 aromatic rings. The van der Waals surface area contributed by atoms with Crippen LogP contribution in [0.2, 0.25) is 0 Å². The van der Waals surface area contributed by atoms with Gasteiger partial charge in [0.2, 0.25) is 5.13 Å². The Morgan fingerprint density at radius 3 is 2.62 bits per heavy atom. The summed E-state index contributed by atoms with van der Waals surface area (Å²) in [6.07, 6.45) is 0. The molecule has 2 aromatic carbocycles. The summed E-state index contributed by atoms with van der Waals surface area (Å²) in [5, 5.41) is 10.8. The van der Waals surface area contributed by atoms with Crippen molar-refractivity contribution < 1.29 is 18.3 Å². The van der Waals surface area contributed by atoms with E-state index in [-0.39, 0.29) is 16.4 Å². The molecule has 0 aliphatic carbocycles. The number of nitrogens with one attached hydrogen (secondary N) is 1. The third-order valence-corrected chi connectivity index (χ3v) is 5.22. The van der Waals surface area contributed by atoms with Crippen molar-refractivity contribution in [2.45, 2.75) is 16.7 Å². The summed E-state index contributed by atoms with van der Waals surface area (Å²) in [5.41, 5.74) is 1.15. The average Bonchev–Trinajstić information content (AvgIpc) is 3.08. The normalized spacial score (nSPS) is 10.7. The Balaban J connectivity index is 1.63. The molecule has 26 heavy (non-hydrogen) atoms. The van der Waals surface area contributed by atoms with Crippen molar-refractivity contribution in [2.75, 3.05) is 5.32 Å². The van der Waals surface area contributed by atoms with Crippen molar-refractivity contribution in [3.8, 4) is 5.75 Å². The zero-order chi connectivity index (χ0) is 18.4. The van der Waals surface area contributed by atoms with Gasteiger partial charge in [0, 0.05) is 5.75 Å². The number of nitrogens with zero attached hydrogens (tertiary/aromatic N) is 2. The van der Waals surface area contributed by atoms with Gasteiger partial charge in [-0.2, -0.15) is 8.78 Å². The van der Waals surface area contributed by atoms with Crippen LogP contribution in [-0.4, -0.2) is 22.7 Å². The second-order valence-corrected chi connectivity index (χ2v) is 7.18. The number of carbonyl (C=O) groups is 1. The van der Waals surface area contributed by atoms with Crippen molar-refractivity contribution in [2.24, 2.45) is 0 Å². The van der Waals surface area contributed by atoms with Gasteiger partial charge in [-0.15, -0.1) is 10.2 Å². The highest BCUT2D eigenvalue weighted by molar-refractivity contribution is 8.00. The maximum Gasteiger partial charge on any atom is 0.387 e. The van der Waals surface area contributed by atoms with E-state index in [4.69, 9.17) is 0 Å². The van der Waals surface area contributed by atoms with Gasteiger partial charge in [0.1, 0.15) is 5.75 Å². The summed E-state index contributed by atoms with van der Waals surface area (Å²) in [7, 11) is 0. The molecule has 5 nitrogen and oxygen atoms in total. The van der Waals surface area contributed by atoms with Gasteiger partial charge in [0.25, 0.3) is 5.91 Å². The van der Waals surface area contributed by atoms with Crippen LogP contribution in [0.25, 0.3) is 0 Å². The van der Waals surface area contributed by atoms with Gasteiger partial charge in [0.15, 0.2) is 4.34 Å². The Hall–Kier alpha value is -2.52. The first-order valence-corrected chi connectivity index (χ1v) is 9.27. The molecule has 0 aliphatic rings. The molecule has 0 bridgehead atoms. The van der Waals surface area contributed by atoms with E-state index >= 15 is 0 Å². The van der Waals surface area contributed by atoms with E-state index in [0.717, 1.165) is 11.3 Å². The van der Waals surface area contributed by atoms with Crippen molar-refractivity contribution in [3.05, 3.63) is 65.7 Å². The molecule has 9 heteroatoms. The lowest BCUT2D eigenvalue weighted by molar-refractivity contribution is -0.0501. The van der Waals surface area contributed by atoms with Gasteiger partial charge >= 0.3 is 6.61 Å². The summed E-state index contributed by atoms with van der Waals surface area (Å²) in [6, 6.07) is 15.7. The number of amides is 1. The fourth-order valence-corrected chi connectivity index (χ4v) is 3.76. The van der Waals surface area contributed by atoms with Gasteiger partial charge in [-0.1, -0.05) is 65.6 Å². The number of halogens is 2. The van der Waals surface area contributed by atoms with E-state index in [9.17, 15) is 13.6 Å². The molecule has 0 fully saturated rings. The van der Waals surface area contributed by atoms with E-state index in [2.05, 4.69) is 20.3 Å². The molecule has 134 valence electrons. The largest absolute Gasteiger partial charge is 0.434 e. The zero-order valence-corrected chi connectivity index (χ0v) is 14.9. The molecule has 1 heterocycles. The lowest BCUT2D eigenvalue weighted by Gasteiger charge is -2.09. The van der Waals surface area contributed by atoms with Crippen LogP contribution >= 0.6 is 23.1 Å². The second-order valence-electron chi connectivity index (χ2n) is 4.98. The number of thioether (sulfide) groups is 1. The number of anilines is 1. The van der Waals surface area contributed by atoms with Crippen LogP contribution in [-0.2, 0) is 5.75 Å². The van der Waals surface area contributed by atoms with Crippen molar-refractivity contribution in [3.63, 3.8) is 0 Å². The molecule has 1 amide bonds. The number of benzene rings is 2. The van der Waals surface area contributed by atoms with Crippen LogP contribution < -0.4 is 10.1 Å². The molecule has 1 aromatic heterocycles. The molecule has 0 saturated carbocycles. The minimum atomic E-state index is -3.01. The van der Waals surface area contributed by atoms with Crippen LogP contribution in [0.15, 0.2) is 58.9 Å². The van der Waals surface area contributed by atoms with E-state index in [0.29, 0.717) is 4.34 Å². The standard InChI is InChI=1S/C17H13F2N3O2S2/c18-15(19)24-13-9-5-4-8-12(13)14(23)20-16-21-22-17(26-16)25-10-11-6-2-1-3-7-11/h1-9,15H,10H2,(H,20,21,23). The van der Waals surface area contributed by atoms with Gasteiger partial charge in [-0.3, -0.25) is 10.1 Å². The maximum atomic E-state index is 12.4. The van der Waals surface area contributed by atoms with E-state index in [1.165, 1.54) is 41.3 Å². The molecular formula is C17H13F2N3O2S2. The highest BCUT2D eigenvalue weighted by Crippen LogP contribution is 2.29. The fourth-order valence-electron chi connectivity index (χ4n) is 2.06. The lowest BCUT2D eigenvalue weighted by atomic mass is 10.2. The highest BCUT2D eigenvalue weighted by Gasteiger charge is 2.17. The maximum absolute atomic E-state index is 12.4. The quantitative estimate of drug-likeness (QED) is 0.466. The third-order valence-electron chi connectivity index (χ3n) is 3.18. The number of hydrogen-bond donors (Lipinski definition) is 1. The van der Waals surface area contributed by atoms with E-state index < -0.39 is 12.5 Å². The summed E-state index contributed by atoms with van der Waals surface area (Å²) in [5.74, 6) is -0.0470. The smallest absolute Gasteiger partial charge is 0.387 e. The first-order valence-electron chi connectivity index (χ1n) is 7.47. The van der Waals surface area contributed by atoms with E-state index in [1.54, 1.807) is 6.07 Å². The number of ether oxygens (including phenoxy) is 1. The van der Waals surface area contributed by atoms with Crippen LogP contribution in [0.1, 0.15) is 15.9 Å². The Morgan fingerprint density at radius 1 is 1.12 bits per heavy atom. The minimum absolute atomic E-state index is 0.00138. The first kappa shape index (κ1) is 18.3. The van der Waals surface area contributed by atoms with Gasteiger partial charge in [0.05, 0.1) is 5.56 Å². The molecule has 1 N–H and O–H groups in total. The number of rotatable bonds is 7. The first-order chi connectivity index (χ1) is 12.6.